The Morgan fingerprint density at radius 1 is 0.389 bits per heavy atom. The van der Waals surface area contributed by atoms with E-state index in [0.29, 0.717) is 0 Å². The summed E-state index contributed by atoms with van der Waals surface area (Å²) >= 11 is 1.88. The number of nitrogens with zero attached hydrogens (tertiary/aromatic N) is 1. The summed E-state index contributed by atoms with van der Waals surface area (Å²) in [6.07, 6.45) is 0. The molecule has 0 saturated carbocycles. The highest BCUT2D eigenvalue weighted by Crippen LogP contribution is 2.53. The molecule has 8 aromatic carbocycles. The van der Waals surface area contributed by atoms with Crippen molar-refractivity contribution in [1.29, 1.82) is 0 Å². The van der Waals surface area contributed by atoms with Gasteiger partial charge in [-0.3, -0.25) is 0 Å². The van der Waals surface area contributed by atoms with Gasteiger partial charge in [-0.25, -0.2) is 0 Å². The Morgan fingerprint density at radius 2 is 0.926 bits per heavy atom. The summed E-state index contributed by atoms with van der Waals surface area (Å²) in [4.78, 5) is 2.46. The third-order valence-corrected chi connectivity index (χ3v) is 13.6. The number of fused-ring (bicyclic) bond motifs is 11. The van der Waals surface area contributed by atoms with Crippen molar-refractivity contribution in [2.75, 3.05) is 4.90 Å². The van der Waals surface area contributed by atoms with Crippen LogP contribution in [-0.2, 0) is 10.8 Å². The van der Waals surface area contributed by atoms with Crippen LogP contribution in [0.5, 0.6) is 0 Å². The lowest BCUT2D eigenvalue weighted by molar-refractivity contribution is 0.660. The highest BCUT2D eigenvalue weighted by molar-refractivity contribution is 7.26. The molecule has 0 radical (unpaired) electrons. The molecule has 0 aliphatic heterocycles. The summed E-state index contributed by atoms with van der Waals surface area (Å²) in [6.45, 7) is 9.46. The molecule has 258 valence electrons. The normalized spacial score (nSPS) is 14.6. The molecule has 2 aliphatic carbocycles. The Kier molecular flexibility index (Phi) is 6.59. The van der Waals surface area contributed by atoms with E-state index in [0.717, 1.165) is 5.69 Å². The van der Waals surface area contributed by atoms with Gasteiger partial charge in [-0.1, -0.05) is 137 Å². The van der Waals surface area contributed by atoms with Gasteiger partial charge in [-0.05, 0) is 121 Å². The van der Waals surface area contributed by atoms with Crippen molar-refractivity contribution in [1.82, 2.24) is 0 Å². The molecule has 0 spiro atoms. The Bertz CT molecular complexity index is 2890. The van der Waals surface area contributed by atoms with Crippen molar-refractivity contribution in [2.24, 2.45) is 0 Å². The van der Waals surface area contributed by atoms with Crippen molar-refractivity contribution >= 4 is 59.3 Å². The van der Waals surface area contributed by atoms with Gasteiger partial charge in [-0.15, -0.1) is 11.3 Å². The summed E-state index contributed by atoms with van der Waals surface area (Å²) in [5.41, 5.74) is 16.7. The van der Waals surface area contributed by atoms with Crippen LogP contribution < -0.4 is 4.90 Å². The van der Waals surface area contributed by atoms with Gasteiger partial charge in [0.25, 0.3) is 0 Å². The van der Waals surface area contributed by atoms with Crippen LogP contribution in [0.4, 0.5) is 17.1 Å². The van der Waals surface area contributed by atoms with Crippen LogP contribution in [0.25, 0.3) is 64.3 Å². The van der Waals surface area contributed by atoms with Crippen molar-refractivity contribution in [2.45, 2.75) is 38.5 Å². The SMILES string of the molecule is CC1(C)c2ccccc2-c2ccc(N(c3ccc(-c4ccc5c(ccc6sc7ccccc7c65)c4)cc3)c3ccc4c(c3)C(C)(C)c3ccccc3-4)cc21. The fourth-order valence-corrected chi connectivity index (χ4v) is 10.8. The Labute approximate surface area is 320 Å². The molecular weight excluding hydrogens is 671 g/mol. The summed E-state index contributed by atoms with van der Waals surface area (Å²) in [7, 11) is 0. The van der Waals surface area contributed by atoms with Crippen LogP contribution in [-0.4, -0.2) is 0 Å². The standard InChI is InChI=1S/C52H39NS/c1-51(2)44-14-8-5-11-39(44)41-26-23-36(30-46(41)51)53(37-24-27-42-40-12-6-9-15-45(40)52(3,4)47(42)31-37)35-21-17-32(18-22-35)33-19-25-38-34(29-33)20-28-49-50(38)43-13-7-10-16-48(43)54-49/h5-31H,1-4H3. The number of hydrogen-bond acceptors (Lipinski definition) is 2. The topological polar surface area (TPSA) is 3.24 Å². The van der Waals surface area contributed by atoms with E-state index in [1.165, 1.54) is 98.0 Å². The van der Waals surface area contributed by atoms with E-state index in [9.17, 15) is 0 Å². The summed E-state index contributed by atoms with van der Waals surface area (Å²) in [6, 6.07) is 61.5. The summed E-state index contributed by atoms with van der Waals surface area (Å²) in [5, 5.41) is 5.31. The molecule has 0 fully saturated rings. The lowest BCUT2D eigenvalue weighted by Gasteiger charge is -2.30. The first kappa shape index (κ1) is 31.6. The molecule has 0 N–H and O–H groups in total. The van der Waals surface area contributed by atoms with E-state index in [4.69, 9.17) is 0 Å². The maximum atomic E-state index is 2.46. The van der Waals surface area contributed by atoms with E-state index in [-0.39, 0.29) is 10.8 Å². The van der Waals surface area contributed by atoms with E-state index >= 15 is 0 Å². The third-order valence-electron chi connectivity index (χ3n) is 12.5. The Hall–Kier alpha value is -5.96. The van der Waals surface area contributed by atoms with Crippen LogP contribution in [0, 0.1) is 0 Å². The molecule has 0 atom stereocenters. The van der Waals surface area contributed by atoms with Crippen LogP contribution >= 0.6 is 11.3 Å². The third kappa shape index (κ3) is 4.44. The predicted molar refractivity (Wildman–Crippen MR) is 232 cm³/mol. The highest BCUT2D eigenvalue weighted by atomic mass is 32.1. The maximum Gasteiger partial charge on any atom is 0.0465 e. The average Bonchev–Trinajstić information content (AvgIpc) is 3.78. The second-order valence-electron chi connectivity index (χ2n) is 16.2. The molecule has 54 heavy (non-hydrogen) atoms. The molecule has 2 heteroatoms. The average molecular weight is 710 g/mol. The largest absolute Gasteiger partial charge is 0.310 e. The van der Waals surface area contributed by atoms with E-state index in [1.807, 2.05) is 11.3 Å². The zero-order chi connectivity index (χ0) is 36.3. The first-order valence-corrected chi connectivity index (χ1v) is 19.8. The van der Waals surface area contributed by atoms with Crippen LogP contribution in [0.15, 0.2) is 164 Å². The lowest BCUT2D eigenvalue weighted by Crippen LogP contribution is -2.18. The second kappa shape index (κ2) is 11.3. The van der Waals surface area contributed by atoms with Crippen molar-refractivity contribution in [3.05, 3.63) is 186 Å². The van der Waals surface area contributed by atoms with Gasteiger partial charge in [0.05, 0.1) is 0 Å². The van der Waals surface area contributed by atoms with Gasteiger partial charge in [-0.2, -0.15) is 0 Å². The van der Waals surface area contributed by atoms with Crippen molar-refractivity contribution in [3.63, 3.8) is 0 Å². The fourth-order valence-electron chi connectivity index (χ4n) is 9.65. The van der Waals surface area contributed by atoms with E-state index < -0.39 is 0 Å². The summed E-state index contributed by atoms with van der Waals surface area (Å²) in [5.74, 6) is 0. The van der Waals surface area contributed by atoms with Crippen LogP contribution in [0.2, 0.25) is 0 Å². The number of anilines is 3. The molecule has 1 nitrogen and oxygen atoms in total. The Morgan fingerprint density at radius 3 is 1.57 bits per heavy atom. The van der Waals surface area contributed by atoms with Crippen LogP contribution in [0.1, 0.15) is 49.9 Å². The van der Waals surface area contributed by atoms with Gasteiger partial charge in [0, 0.05) is 48.1 Å². The van der Waals surface area contributed by atoms with Crippen molar-refractivity contribution in [3.8, 4) is 33.4 Å². The molecule has 2 aliphatic rings. The molecule has 9 aromatic rings. The monoisotopic (exact) mass is 709 g/mol. The number of thiophene rings is 1. The zero-order valence-corrected chi connectivity index (χ0v) is 31.8. The highest BCUT2D eigenvalue weighted by Gasteiger charge is 2.37. The Balaban J connectivity index is 1.04. The zero-order valence-electron chi connectivity index (χ0n) is 30.9. The van der Waals surface area contributed by atoms with Gasteiger partial charge in [0.15, 0.2) is 0 Å². The van der Waals surface area contributed by atoms with Gasteiger partial charge >= 0.3 is 0 Å². The van der Waals surface area contributed by atoms with Gasteiger partial charge in [0.1, 0.15) is 0 Å². The molecule has 11 rings (SSSR count). The number of benzene rings is 8. The fraction of sp³-hybridized carbons (Fsp3) is 0.115. The molecule has 0 unspecified atom stereocenters. The first-order chi connectivity index (χ1) is 26.3. The predicted octanol–water partition coefficient (Wildman–Crippen LogP) is 15.0. The summed E-state index contributed by atoms with van der Waals surface area (Å²) < 4.78 is 2.69. The maximum absolute atomic E-state index is 2.46. The smallest absolute Gasteiger partial charge is 0.0465 e. The van der Waals surface area contributed by atoms with E-state index in [1.54, 1.807) is 0 Å². The quantitative estimate of drug-likeness (QED) is 0.176. The van der Waals surface area contributed by atoms with Gasteiger partial charge in [0.2, 0.25) is 0 Å². The number of hydrogen-bond donors (Lipinski definition) is 0. The lowest BCUT2D eigenvalue weighted by atomic mass is 9.82. The van der Waals surface area contributed by atoms with E-state index in [2.05, 4.69) is 196 Å². The molecule has 0 saturated heterocycles. The molecule has 0 bridgehead atoms. The van der Waals surface area contributed by atoms with Crippen LogP contribution in [0.3, 0.4) is 0 Å². The number of rotatable bonds is 4. The minimum atomic E-state index is -0.0873. The molecule has 1 aromatic heterocycles. The minimum absolute atomic E-state index is 0.0873. The minimum Gasteiger partial charge on any atom is -0.310 e. The van der Waals surface area contributed by atoms with Crippen molar-refractivity contribution < 1.29 is 0 Å². The molecule has 0 amide bonds. The molecule has 1 heterocycles. The van der Waals surface area contributed by atoms with Gasteiger partial charge < -0.3 is 4.90 Å². The molecular formula is C52H39NS. The second-order valence-corrected chi connectivity index (χ2v) is 17.2. The first-order valence-electron chi connectivity index (χ1n) is 19.0.